The number of pyridine rings is 1. The molecular weight excluding hydrogens is 343 g/mol. The third-order valence-electron chi connectivity index (χ3n) is 5.33. The van der Waals surface area contributed by atoms with E-state index < -0.39 is 5.67 Å². The van der Waals surface area contributed by atoms with Gasteiger partial charge in [-0.25, -0.2) is 13.9 Å². The Hall–Kier alpha value is -3.22. The summed E-state index contributed by atoms with van der Waals surface area (Å²) in [6, 6.07) is 4.08. The first kappa shape index (κ1) is 16.0. The highest BCUT2D eigenvalue weighted by molar-refractivity contribution is 5.94. The minimum Gasteiger partial charge on any atom is -0.351 e. The van der Waals surface area contributed by atoms with Crippen molar-refractivity contribution in [3.05, 3.63) is 49.1 Å². The third kappa shape index (κ3) is 2.66. The Kier molecular flexibility index (Phi) is 3.50. The molecule has 0 amide bonds. The van der Waals surface area contributed by atoms with E-state index in [4.69, 9.17) is 0 Å². The molecule has 1 fully saturated rings. The van der Waals surface area contributed by atoms with Gasteiger partial charge in [-0.05, 0) is 37.0 Å². The van der Waals surface area contributed by atoms with Crippen LogP contribution in [0.3, 0.4) is 0 Å². The number of nitrogens with one attached hydrogen (secondary N) is 2. The summed E-state index contributed by atoms with van der Waals surface area (Å²) >= 11 is 0. The number of anilines is 1. The van der Waals surface area contributed by atoms with Gasteiger partial charge in [0, 0.05) is 35.1 Å². The van der Waals surface area contributed by atoms with Gasteiger partial charge in [-0.2, -0.15) is 10.1 Å². The van der Waals surface area contributed by atoms with Crippen LogP contribution in [-0.4, -0.2) is 36.8 Å². The third-order valence-corrected chi connectivity index (χ3v) is 5.33. The number of aromatic nitrogens is 5. The Morgan fingerprint density at radius 1 is 1.37 bits per heavy atom. The lowest BCUT2D eigenvalue weighted by atomic mass is 9.82. The summed E-state index contributed by atoms with van der Waals surface area (Å²) < 4.78 is 16.0. The number of halogens is 1. The van der Waals surface area contributed by atoms with E-state index in [-0.39, 0.29) is 6.54 Å². The van der Waals surface area contributed by atoms with Crippen molar-refractivity contribution in [2.24, 2.45) is 0 Å². The summed E-state index contributed by atoms with van der Waals surface area (Å²) in [5, 5.41) is 8.26. The van der Waals surface area contributed by atoms with Crippen molar-refractivity contribution in [1.82, 2.24) is 24.6 Å². The van der Waals surface area contributed by atoms with E-state index in [1.807, 2.05) is 23.0 Å². The monoisotopic (exact) mass is 362 g/mol. The van der Waals surface area contributed by atoms with Crippen LogP contribution >= 0.6 is 0 Å². The van der Waals surface area contributed by atoms with Crippen molar-refractivity contribution in [1.29, 1.82) is 0 Å². The molecule has 7 heteroatoms. The summed E-state index contributed by atoms with van der Waals surface area (Å²) in [5.74, 6) is 0.444. The van der Waals surface area contributed by atoms with E-state index in [1.165, 1.54) is 0 Å². The van der Waals surface area contributed by atoms with Crippen LogP contribution in [0.4, 0.5) is 10.3 Å². The summed E-state index contributed by atoms with van der Waals surface area (Å²) in [6.07, 6.45) is 11.4. The predicted molar refractivity (Wildman–Crippen MR) is 104 cm³/mol. The van der Waals surface area contributed by atoms with Crippen molar-refractivity contribution in [3.63, 3.8) is 0 Å². The molecule has 0 bridgehead atoms. The number of H-pyrrole nitrogens is 1. The van der Waals surface area contributed by atoms with Gasteiger partial charge in [-0.1, -0.05) is 12.7 Å². The standard InChI is InChI=1S/C20H19FN6/c1-2-13-9-25-27-7-4-14(8-17(13)27)15-10-22-18-16(15)11-23-19(26-18)24-12-20(21)5-3-6-20/h2,4,7-11H,1,3,5-6,12H2,(H2,22,23,24,26). The Bertz CT molecular complexity index is 1150. The number of rotatable bonds is 5. The van der Waals surface area contributed by atoms with E-state index in [0.29, 0.717) is 18.8 Å². The van der Waals surface area contributed by atoms with Crippen molar-refractivity contribution >= 4 is 28.6 Å². The molecule has 0 aliphatic heterocycles. The highest BCUT2D eigenvalue weighted by atomic mass is 19.1. The quantitative estimate of drug-likeness (QED) is 0.558. The number of nitrogens with zero attached hydrogens (tertiary/aromatic N) is 4. The smallest absolute Gasteiger partial charge is 0.224 e. The van der Waals surface area contributed by atoms with Crippen LogP contribution in [-0.2, 0) is 0 Å². The van der Waals surface area contributed by atoms with Gasteiger partial charge in [0.05, 0.1) is 18.3 Å². The minimum absolute atomic E-state index is 0.258. The topological polar surface area (TPSA) is 70.9 Å². The first-order chi connectivity index (χ1) is 13.1. The van der Waals surface area contributed by atoms with Gasteiger partial charge < -0.3 is 10.3 Å². The second kappa shape index (κ2) is 5.90. The van der Waals surface area contributed by atoms with E-state index >= 15 is 0 Å². The second-order valence-electron chi connectivity index (χ2n) is 7.07. The maximum Gasteiger partial charge on any atom is 0.224 e. The molecular formula is C20H19FN6. The molecule has 1 saturated carbocycles. The van der Waals surface area contributed by atoms with Crippen molar-refractivity contribution in [2.45, 2.75) is 24.9 Å². The highest BCUT2D eigenvalue weighted by Gasteiger charge is 2.36. The fourth-order valence-electron chi connectivity index (χ4n) is 3.53. The fraction of sp³-hybridized carbons (Fsp3) is 0.250. The Morgan fingerprint density at radius 3 is 3.04 bits per heavy atom. The lowest BCUT2D eigenvalue weighted by Crippen LogP contribution is -2.39. The van der Waals surface area contributed by atoms with Crippen LogP contribution in [0, 0.1) is 0 Å². The molecule has 2 N–H and O–H groups in total. The van der Waals surface area contributed by atoms with E-state index in [9.17, 15) is 4.39 Å². The molecule has 0 aromatic carbocycles. The SMILES string of the molecule is C=Cc1cnn2ccc(-c3c[nH]c4nc(NCC5(F)CCC5)ncc34)cc12. The zero-order chi connectivity index (χ0) is 18.4. The van der Waals surface area contributed by atoms with Gasteiger partial charge >= 0.3 is 0 Å². The zero-order valence-corrected chi connectivity index (χ0v) is 14.7. The molecule has 0 radical (unpaired) electrons. The number of hydrogen-bond donors (Lipinski definition) is 2. The lowest BCUT2D eigenvalue weighted by Gasteiger charge is -2.33. The summed E-state index contributed by atoms with van der Waals surface area (Å²) in [6.45, 7) is 4.10. The first-order valence-electron chi connectivity index (χ1n) is 9.02. The molecule has 0 spiro atoms. The Labute approximate surface area is 155 Å². The second-order valence-corrected chi connectivity index (χ2v) is 7.07. The zero-order valence-electron chi connectivity index (χ0n) is 14.7. The average molecular weight is 362 g/mol. The average Bonchev–Trinajstić information content (AvgIpc) is 3.27. The largest absolute Gasteiger partial charge is 0.351 e. The van der Waals surface area contributed by atoms with Crippen LogP contribution in [0.5, 0.6) is 0 Å². The Balaban J connectivity index is 1.48. The number of fused-ring (bicyclic) bond motifs is 2. The van der Waals surface area contributed by atoms with E-state index in [0.717, 1.165) is 39.7 Å². The van der Waals surface area contributed by atoms with Gasteiger partial charge in [0.1, 0.15) is 11.3 Å². The number of alkyl halides is 1. The molecule has 4 aromatic heterocycles. The van der Waals surface area contributed by atoms with Gasteiger partial charge in [0.25, 0.3) is 0 Å². The maximum atomic E-state index is 14.2. The summed E-state index contributed by atoms with van der Waals surface area (Å²) in [5.41, 5.74) is 3.64. The lowest BCUT2D eigenvalue weighted by molar-refractivity contribution is 0.0782. The van der Waals surface area contributed by atoms with Crippen LogP contribution in [0.2, 0.25) is 0 Å². The van der Waals surface area contributed by atoms with Crippen LogP contribution in [0.25, 0.3) is 33.8 Å². The number of aromatic amines is 1. The molecule has 4 heterocycles. The summed E-state index contributed by atoms with van der Waals surface area (Å²) in [7, 11) is 0. The number of hydrogen-bond acceptors (Lipinski definition) is 4. The van der Waals surface area contributed by atoms with Gasteiger partial charge in [0.15, 0.2) is 0 Å². The molecule has 0 atom stereocenters. The first-order valence-corrected chi connectivity index (χ1v) is 9.02. The molecule has 1 aliphatic rings. The van der Waals surface area contributed by atoms with Gasteiger partial charge in [-0.3, -0.25) is 0 Å². The molecule has 136 valence electrons. The summed E-state index contributed by atoms with van der Waals surface area (Å²) in [4.78, 5) is 12.1. The van der Waals surface area contributed by atoms with E-state index in [2.05, 4.69) is 38.0 Å². The van der Waals surface area contributed by atoms with Crippen LogP contribution in [0.1, 0.15) is 24.8 Å². The fourth-order valence-corrected chi connectivity index (χ4v) is 3.53. The minimum atomic E-state index is -1.11. The molecule has 5 rings (SSSR count). The highest BCUT2D eigenvalue weighted by Crippen LogP contribution is 2.35. The van der Waals surface area contributed by atoms with Crippen LogP contribution in [0.15, 0.2) is 43.5 Å². The van der Waals surface area contributed by atoms with Crippen molar-refractivity contribution < 1.29 is 4.39 Å². The molecule has 4 aromatic rings. The maximum absolute atomic E-state index is 14.2. The normalized spacial score (nSPS) is 15.7. The molecule has 27 heavy (non-hydrogen) atoms. The van der Waals surface area contributed by atoms with Crippen LogP contribution < -0.4 is 5.32 Å². The van der Waals surface area contributed by atoms with Gasteiger partial charge in [0.2, 0.25) is 5.95 Å². The molecule has 0 saturated heterocycles. The molecule has 1 aliphatic carbocycles. The van der Waals surface area contributed by atoms with Crippen molar-refractivity contribution in [3.8, 4) is 11.1 Å². The molecule has 0 unspecified atom stereocenters. The van der Waals surface area contributed by atoms with Crippen molar-refractivity contribution in [2.75, 3.05) is 11.9 Å². The molecule has 6 nitrogen and oxygen atoms in total. The van der Waals surface area contributed by atoms with E-state index in [1.54, 1.807) is 18.5 Å². The van der Waals surface area contributed by atoms with Gasteiger partial charge in [-0.15, -0.1) is 0 Å². The predicted octanol–water partition coefficient (Wildman–Crippen LogP) is 4.22. The Morgan fingerprint density at radius 2 is 2.26 bits per heavy atom.